The molecule has 1 saturated heterocycles. The Bertz CT molecular complexity index is 902. The van der Waals surface area contributed by atoms with Gasteiger partial charge in [-0.3, -0.25) is 19.2 Å². The van der Waals surface area contributed by atoms with Crippen LogP contribution in [0.15, 0.2) is 30.3 Å². The zero-order valence-corrected chi connectivity index (χ0v) is 20.1. The molecule has 0 aromatic heterocycles. The number of nitrogens with zero attached hydrogens (tertiary/aromatic N) is 1. The minimum absolute atomic E-state index is 0.0604. The maximum atomic E-state index is 13.3. The first-order valence-electron chi connectivity index (χ1n) is 11.4. The van der Waals surface area contributed by atoms with E-state index in [-0.39, 0.29) is 18.4 Å². The molecule has 10 nitrogen and oxygen atoms in total. The van der Waals surface area contributed by atoms with Crippen LogP contribution in [0.25, 0.3) is 0 Å². The molecular formula is C24H34N4O6. The third-order valence-corrected chi connectivity index (χ3v) is 5.75. The van der Waals surface area contributed by atoms with Gasteiger partial charge in [-0.05, 0) is 30.2 Å². The van der Waals surface area contributed by atoms with Crippen LogP contribution in [0.3, 0.4) is 0 Å². The maximum absolute atomic E-state index is 13.3. The average molecular weight is 475 g/mol. The Balaban J connectivity index is 2.06. The third-order valence-electron chi connectivity index (χ3n) is 5.75. The van der Waals surface area contributed by atoms with Crippen molar-refractivity contribution in [1.29, 1.82) is 0 Å². The summed E-state index contributed by atoms with van der Waals surface area (Å²) in [7, 11) is 0. The van der Waals surface area contributed by atoms with Gasteiger partial charge in [0.25, 0.3) is 5.91 Å². The van der Waals surface area contributed by atoms with Crippen molar-refractivity contribution in [3.63, 3.8) is 0 Å². The Morgan fingerprint density at radius 1 is 1.00 bits per heavy atom. The van der Waals surface area contributed by atoms with Gasteiger partial charge in [0, 0.05) is 6.54 Å². The van der Waals surface area contributed by atoms with Crippen LogP contribution in [0.1, 0.15) is 46.1 Å². The molecule has 4 amide bonds. The molecule has 1 fully saturated rings. The number of nitrogens with one attached hydrogen (secondary N) is 2. The van der Waals surface area contributed by atoms with Crippen LogP contribution >= 0.6 is 0 Å². The maximum Gasteiger partial charge on any atom is 0.408 e. The molecule has 2 rings (SSSR count). The largest absolute Gasteiger partial charge is 0.445 e. The highest BCUT2D eigenvalue weighted by Gasteiger charge is 2.40. The molecule has 186 valence electrons. The fourth-order valence-electron chi connectivity index (χ4n) is 3.82. The molecule has 1 aliphatic heterocycles. The van der Waals surface area contributed by atoms with Crippen molar-refractivity contribution in [2.45, 2.75) is 65.3 Å². The fourth-order valence-corrected chi connectivity index (χ4v) is 3.82. The molecule has 1 heterocycles. The van der Waals surface area contributed by atoms with Gasteiger partial charge in [0.15, 0.2) is 0 Å². The van der Waals surface area contributed by atoms with Crippen molar-refractivity contribution < 1.29 is 28.7 Å². The van der Waals surface area contributed by atoms with Gasteiger partial charge in [0.1, 0.15) is 18.7 Å². The summed E-state index contributed by atoms with van der Waals surface area (Å²) in [5, 5.41) is 5.19. The number of carbonyl (C=O) groups excluding carboxylic acids is 5. The van der Waals surface area contributed by atoms with E-state index in [1.807, 2.05) is 30.3 Å². The monoisotopic (exact) mass is 474 g/mol. The summed E-state index contributed by atoms with van der Waals surface area (Å²) < 4.78 is 5.24. The highest BCUT2D eigenvalue weighted by molar-refractivity contribution is 6.38. The second-order valence-corrected chi connectivity index (χ2v) is 9.08. The Morgan fingerprint density at radius 3 is 2.18 bits per heavy atom. The molecule has 3 atom stereocenters. The topological polar surface area (TPSA) is 148 Å². The lowest BCUT2D eigenvalue weighted by Gasteiger charge is -2.31. The molecule has 1 aliphatic rings. The number of Topliss-reactive ketones (excluding diaryl/α,β-unsaturated/α-hetero) is 1. The number of carbonyl (C=O) groups is 5. The Labute approximate surface area is 199 Å². The normalized spacial score (nSPS) is 17.2. The molecule has 0 spiro atoms. The minimum atomic E-state index is -1.13. The Kier molecular flexibility index (Phi) is 9.58. The van der Waals surface area contributed by atoms with Crippen LogP contribution in [-0.2, 0) is 30.5 Å². The molecule has 1 aromatic rings. The fraction of sp³-hybridized carbons (Fsp3) is 0.542. The number of ether oxygens (including phenoxy) is 1. The van der Waals surface area contributed by atoms with Gasteiger partial charge in [-0.25, -0.2) is 4.79 Å². The molecule has 0 aliphatic carbocycles. The number of primary amides is 1. The van der Waals surface area contributed by atoms with E-state index in [0.717, 1.165) is 5.56 Å². The van der Waals surface area contributed by atoms with Gasteiger partial charge in [-0.2, -0.15) is 0 Å². The molecule has 0 bridgehead atoms. The molecule has 3 unspecified atom stereocenters. The van der Waals surface area contributed by atoms with Gasteiger partial charge in [0.2, 0.25) is 17.6 Å². The standard InChI is InChI=1S/C24H34N4O6/c1-14(2)18(20(29)21(25)30)26-22(31)17-11-8-12-28(17)23(32)19(15(3)4)27-24(33)34-13-16-9-6-5-7-10-16/h5-7,9-10,14-15,17-19H,8,11-13H2,1-4H3,(H2,25,30)(H,26,31)(H,27,33). The predicted octanol–water partition coefficient (Wildman–Crippen LogP) is 1.12. The van der Waals surface area contributed by atoms with Crippen LogP contribution in [0, 0.1) is 11.8 Å². The molecule has 0 radical (unpaired) electrons. The van der Waals surface area contributed by atoms with E-state index in [1.54, 1.807) is 27.7 Å². The van der Waals surface area contributed by atoms with Crippen LogP contribution < -0.4 is 16.4 Å². The smallest absolute Gasteiger partial charge is 0.408 e. The summed E-state index contributed by atoms with van der Waals surface area (Å²) >= 11 is 0. The van der Waals surface area contributed by atoms with Crippen molar-refractivity contribution >= 4 is 29.6 Å². The van der Waals surface area contributed by atoms with E-state index in [9.17, 15) is 24.0 Å². The van der Waals surface area contributed by atoms with Gasteiger partial charge in [0.05, 0.1) is 6.04 Å². The Morgan fingerprint density at radius 2 is 1.62 bits per heavy atom. The number of hydrogen-bond acceptors (Lipinski definition) is 6. The number of alkyl carbamates (subject to hydrolysis) is 1. The van der Waals surface area contributed by atoms with Crippen molar-refractivity contribution in [2.75, 3.05) is 6.54 Å². The van der Waals surface area contributed by atoms with Gasteiger partial charge in [-0.15, -0.1) is 0 Å². The van der Waals surface area contributed by atoms with E-state index in [4.69, 9.17) is 10.5 Å². The van der Waals surface area contributed by atoms with Crippen molar-refractivity contribution in [1.82, 2.24) is 15.5 Å². The summed E-state index contributed by atoms with van der Waals surface area (Å²) in [6.45, 7) is 7.32. The second-order valence-electron chi connectivity index (χ2n) is 9.08. The number of amides is 4. The zero-order valence-electron chi connectivity index (χ0n) is 20.1. The second kappa shape index (κ2) is 12.2. The van der Waals surface area contributed by atoms with E-state index in [2.05, 4.69) is 10.6 Å². The highest BCUT2D eigenvalue weighted by Crippen LogP contribution is 2.21. The summed E-state index contributed by atoms with van der Waals surface area (Å²) in [5.41, 5.74) is 5.92. The molecule has 34 heavy (non-hydrogen) atoms. The van der Waals surface area contributed by atoms with E-state index in [1.165, 1.54) is 4.90 Å². The van der Waals surface area contributed by atoms with E-state index >= 15 is 0 Å². The van der Waals surface area contributed by atoms with Crippen molar-refractivity contribution in [3.05, 3.63) is 35.9 Å². The first-order valence-corrected chi connectivity index (χ1v) is 11.4. The summed E-state index contributed by atoms with van der Waals surface area (Å²) in [6.07, 6.45) is 0.252. The zero-order chi connectivity index (χ0) is 25.4. The van der Waals surface area contributed by atoms with Crippen molar-refractivity contribution in [2.24, 2.45) is 17.6 Å². The molecular weight excluding hydrogens is 440 g/mol. The predicted molar refractivity (Wildman–Crippen MR) is 124 cm³/mol. The van der Waals surface area contributed by atoms with Crippen LogP contribution in [0.2, 0.25) is 0 Å². The number of ketones is 1. The summed E-state index contributed by atoms with van der Waals surface area (Å²) in [6, 6.07) is 6.36. The number of nitrogens with two attached hydrogens (primary N) is 1. The summed E-state index contributed by atoms with van der Waals surface area (Å²) in [4.78, 5) is 63.5. The number of benzene rings is 1. The van der Waals surface area contributed by atoms with Crippen LogP contribution in [-0.4, -0.2) is 59.2 Å². The first-order chi connectivity index (χ1) is 16.0. The average Bonchev–Trinajstić information content (AvgIpc) is 3.29. The lowest BCUT2D eigenvalue weighted by Crippen LogP contribution is -2.57. The van der Waals surface area contributed by atoms with Gasteiger partial charge < -0.3 is 26.0 Å². The van der Waals surface area contributed by atoms with Gasteiger partial charge >= 0.3 is 6.09 Å². The Hall–Kier alpha value is -3.43. The lowest BCUT2D eigenvalue weighted by molar-refractivity contribution is -0.143. The van der Waals surface area contributed by atoms with Gasteiger partial charge in [-0.1, -0.05) is 58.0 Å². The third kappa shape index (κ3) is 7.03. The number of hydrogen-bond donors (Lipinski definition) is 3. The lowest BCUT2D eigenvalue weighted by atomic mass is 9.98. The molecule has 4 N–H and O–H groups in total. The SMILES string of the molecule is CC(C)C(NC(=O)C1CCCN1C(=O)C(NC(=O)OCc1ccccc1)C(C)C)C(=O)C(N)=O. The minimum Gasteiger partial charge on any atom is -0.445 e. The quantitative estimate of drug-likeness (QED) is 0.433. The van der Waals surface area contributed by atoms with Crippen LogP contribution in [0.4, 0.5) is 4.79 Å². The van der Waals surface area contributed by atoms with E-state index in [0.29, 0.717) is 19.4 Å². The van der Waals surface area contributed by atoms with Crippen LogP contribution in [0.5, 0.6) is 0 Å². The molecule has 0 saturated carbocycles. The highest BCUT2D eigenvalue weighted by atomic mass is 16.5. The van der Waals surface area contributed by atoms with Crippen molar-refractivity contribution in [3.8, 4) is 0 Å². The first kappa shape index (κ1) is 26.8. The molecule has 10 heteroatoms. The number of rotatable bonds is 10. The van der Waals surface area contributed by atoms with E-state index < -0.39 is 47.7 Å². The number of likely N-dealkylation sites (tertiary alicyclic amines) is 1. The molecule has 1 aromatic carbocycles. The summed E-state index contributed by atoms with van der Waals surface area (Å²) in [5.74, 6) is -3.58.